The lowest BCUT2D eigenvalue weighted by atomic mass is 9.49. The summed E-state index contributed by atoms with van der Waals surface area (Å²) in [5.74, 6) is -3.16. The highest BCUT2D eigenvalue weighted by atomic mass is 16.8. The maximum atomic E-state index is 13.2. The van der Waals surface area contributed by atoms with E-state index in [1.807, 2.05) is 27.7 Å². The zero-order chi connectivity index (χ0) is 36.6. The Morgan fingerprint density at radius 2 is 1.26 bits per heavy atom. The maximum absolute atomic E-state index is 13.2. The molecule has 14 nitrogen and oxygen atoms in total. The molecule has 4 fully saturated rings. The zero-order valence-corrected chi connectivity index (χ0v) is 30.2. The Kier molecular flexibility index (Phi) is 14.6. The summed E-state index contributed by atoms with van der Waals surface area (Å²) in [6.45, 7) is 14.6. The van der Waals surface area contributed by atoms with Gasteiger partial charge in [0.25, 0.3) is 0 Å². The average molecular weight is 711 g/mol. The fourth-order valence-electron chi connectivity index (χ4n) is 8.13. The van der Waals surface area contributed by atoms with Crippen molar-refractivity contribution < 1.29 is 67.2 Å². The van der Waals surface area contributed by atoms with E-state index in [4.69, 9.17) is 42.6 Å². The summed E-state index contributed by atoms with van der Waals surface area (Å²) in [5.41, 5.74) is -1.26. The van der Waals surface area contributed by atoms with Gasteiger partial charge in [0.05, 0.1) is 23.3 Å². The second-order valence-corrected chi connectivity index (χ2v) is 13.3. The van der Waals surface area contributed by atoms with Crippen LogP contribution >= 0.6 is 0 Å². The maximum Gasteiger partial charge on any atom is 0.339 e. The molecule has 4 aliphatic rings. The molecule has 3 bridgehead atoms. The molecular formula is C36H54O14. The first-order valence-electron chi connectivity index (χ1n) is 17.7. The van der Waals surface area contributed by atoms with Crippen molar-refractivity contribution in [3.8, 4) is 0 Å². The second kappa shape index (κ2) is 18.2. The molecule has 282 valence electrons. The Bertz CT molecular complexity index is 1240. The van der Waals surface area contributed by atoms with Crippen molar-refractivity contribution in [2.45, 2.75) is 112 Å². The van der Waals surface area contributed by atoms with E-state index in [0.717, 1.165) is 25.7 Å². The van der Waals surface area contributed by atoms with Crippen LogP contribution in [0.25, 0.3) is 0 Å². The molecule has 5 rings (SSSR count). The number of hydrogen-bond acceptors (Lipinski definition) is 12. The number of rotatable bonds is 23. The number of carboxylic acid groups (broad SMARTS) is 2. The van der Waals surface area contributed by atoms with E-state index >= 15 is 0 Å². The highest BCUT2D eigenvalue weighted by molar-refractivity contribution is 6.09. The molecule has 0 saturated heterocycles. The average Bonchev–Trinajstić information content (AvgIpc) is 3.29. The monoisotopic (exact) mass is 710 g/mol. The first-order chi connectivity index (χ1) is 23.8. The van der Waals surface area contributed by atoms with Gasteiger partial charge in [0.2, 0.25) is 0 Å². The molecule has 8 atom stereocenters. The van der Waals surface area contributed by atoms with E-state index in [1.54, 1.807) is 20.8 Å². The standard InChI is InChI=1S/C36H54O14/c1-8-42-20(4)49-35(50-23(7)48-22(6)47-21(5)45-19-29(43-9-2)44-10-3)30-24-14-26(36(15-24)16-25(30)17-36)18-46-34(41)31-27(32(37)38)12-11-13-28(31)33(39)40/h11-13,20-26,29-30,35H,8-10,14-19H2,1-7H3,(H,37,38)(H,39,40). The minimum Gasteiger partial charge on any atom is -0.478 e. The van der Waals surface area contributed by atoms with Crippen LogP contribution in [0.15, 0.2) is 18.2 Å². The molecule has 4 aliphatic carbocycles. The predicted molar refractivity (Wildman–Crippen MR) is 176 cm³/mol. The van der Waals surface area contributed by atoms with Crippen molar-refractivity contribution in [1.29, 1.82) is 0 Å². The van der Waals surface area contributed by atoms with Crippen molar-refractivity contribution in [2.24, 2.45) is 29.1 Å². The van der Waals surface area contributed by atoms with Crippen LogP contribution in [0.4, 0.5) is 0 Å². The predicted octanol–water partition coefficient (Wildman–Crippen LogP) is 5.52. The molecule has 50 heavy (non-hydrogen) atoms. The van der Waals surface area contributed by atoms with E-state index in [1.165, 1.54) is 18.2 Å². The third-order valence-corrected chi connectivity index (χ3v) is 10.00. The molecular weight excluding hydrogens is 656 g/mol. The van der Waals surface area contributed by atoms with Gasteiger partial charge in [-0.3, -0.25) is 0 Å². The minimum atomic E-state index is -1.40. The van der Waals surface area contributed by atoms with Gasteiger partial charge in [0.1, 0.15) is 6.61 Å². The quantitative estimate of drug-likeness (QED) is 0.107. The molecule has 1 spiro atoms. The molecule has 0 aromatic heterocycles. The van der Waals surface area contributed by atoms with Gasteiger partial charge in [0, 0.05) is 25.7 Å². The van der Waals surface area contributed by atoms with Crippen LogP contribution < -0.4 is 0 Å². The highest BCUT2D eigenvalue weighted by Crippen LogP contribution is 2.71. The number of ether oxygens (including phenoxy) is 9. The van der Waals surface area contributed by atoms with Gasteiger partial charge in [-0.1, -0.05) is 6.07 Å². The zero-order valence-electron chi connectivity index (χ0n) is 30.2. The summed E-state index contributed by atoms with van der Waals surface area (Å²) in [5, 5.41) is 19.2. The number of carbonyl (C=O) groups excluding carboxylic acids is 1. The van der Waals surface area contributed by atoms with Crippen LogP contribution in [0.2, 0.25) is 0 Å². The number of hydrogen-bond donors (Lipinski definition) is 2. The van der Waals surface area contributed by atoms with Crippen molar-refractivity contribution in [3.63, 3.8) is 0 Å². The molecule has 4 saturated carbocycles. The largest absolute Gasteiger partial charge is 0.478 e. The van der Waals surface area contributed by atoms with Crippen molar-refractivity contribution >= 4 is 17.9 Å². The summed E-state index contributed by atoms with van der Waals surface area (Å²) >= 11 is 0. The van der Waals surface area contributed by atoms with Crippen molar-refractivity contribution in [1.82, 2.24) is 0 Å². The third-order valence-electron chi connectivity index (χ3n) is 10.00. The molecule has 1 aromatic rings. The molecule has 0 radical (unpaired) electrons. The summed E-state index contributed by atoms with van der Waals surface area (Å²) in [6, 6.07) is 3.69. The SMILES string of the molecule is CCOC(C)OC(OC(C)OC(C)OC(C)OCC(OCC)OCC)C1C2CC(COC(=O)c3c(C(=O)O)cccc3C(=O)O)C3(C2)CC1C3. The van der Waals surface area contributed by atoms with E-state index in [2.05, 4.69) is 0 Å². The Morgan fingerprint density at radius 1 is 0.740 bits per heavy atom. The molecule has 2 N–H and O–H groups in total. The Labute approximate surface area is 293 Å². The van der Waals surface area contributed by atoms with E-state index in [9.17, 15) is 24.6 Å². The van der Waals surface area contributed by atoms with E-state index in [-0.39, 0.29) is 36.4 Å². The van der Waals surface area contributed by atoms with Gasteiger partial charge >= 0.3 is 17.9 Å². The number of aromatic carboxylic acids is 2. The first-order valence-corrected chi connectivity index (χ1v) is 17.7. The first kappa shape index (κ1) is 40.1. The van der Waals surface area contributed by atoms with Crippen LogP contribution in [-0.2, 0) is 42.6 Å². The lowest BCUT2D eigenvalue weighted by molar-refractivity contribution is -0.348. The van der Waals surface area contributed by atoms with E-state index < -0.39 is 72.3 Å². The van der Waals surface area contributed by atoms with E-state index in [0.29, 0.717) is 25.7 Å². The molecule has 14 heteroatoms. The Balaban J connectivity index is 1.37. The topological polar surface area (TPSA) is 175 Å². The third kappa shape index (κ3) is 9.79. The van der Waals surface area contributed by atoms with Crippen molar-refractivity contribution in [2.75, 3.05) is 33.0 Å². The number of esters is 1. The van der Waals surface area contributed by atoms with Crippen LogP contribution in [0.3, 0.4) is 0 Å². The molecule has 0 aliphatic heterocycles. The van der Waals surface area contributed by atoms with Gasteiger partial charge in [-0.2, -0.15) is 0 Å². The van der Waals surface area contributed by atoms with Gasteiger partial charge in [-0.05, 0) is 109 Å². The molecule has 1 aromatic carbocycles. The smallest absolute Gasteiger partial charge is 0.339 e. The van der Waals surface area contributed by atoms with Crippen LogP contribution in [0.1, 0.15) is 105 Å². The van der Waals surface area contributed by atoms with Gasteiger partial charge < -0.3 is 52.8 Å². The van der Waals surface area contributed by atoms with Crippen LogP contribution in [0, 0.1) is 29.1 Å². The summed E-state index contributed by atoms with van der Waals surface area (Å²) in [6.07, 6.45) is -0.130. The van der Waals surface area contributed by atoms with Crippen LogP contribution in [0.5, 0.6) is 0 Å². The summed E-state index contributed by atoms with van der Waals surface area (Å²) in [7, 11) is 0. The highest BCUT2D eigenvalue weighted by Gasteiger charge is 2.65. The minimum absolute atomic E-state index is 0.00586. The second-order valence-electron chi connectivity index (χ2n) is 13.3. The van der Waals surface area contributed by atoms with Crippen LogP contribution in [-0.4, -0.2) is 98.9 Å². The number of carbonyl (C=O) groups is 3. The number of carboxylic acids is 2. The van der Waals surface area contributed by atoms with Gasteiger partial charge in [0.15, 0.2) is 37.7 Å². The molecule has 0 heterocycles. The molecule has 8 unspecified atom stereocenters. The number of benzene rings is 1. The van der Waals surface area contributed by atoms with Gasteiger partial charge in [-0.25, -0.2) is 14.4 Å². The summed E-state index contributed by atoms with van der Waals surface area (Å²) in [4.78, 5) is 36.8. The van der Waals surface area contributed by atoms with Crippen molar-refractivity contribution in [3.05, 3.63) is 34.9 Å². The lowest BCUT2D eigenvalue weighted by Gasteiger charge is -2.57. The fraction of sp³-hybridized carbons (Fsp3) is 0.750. The Hall–Kier alpha value is -2.69. The van der Waals surface area contributed by atoms with Gasteiger partial charge in [-0.15, -0.1) is 0 Å². The summed E-state index contributed by atoms with van der Waals surface area (Å²) < 4.78 is 52.9. The normalized spacial score (nSPS) is 26.9. The Morgan fingerprint density at radius 3 is 1.84 bits per heavy atom. The fourth-order valence-corrected chi connectivity index (χ4v) is 8.13. The lowest BCUT2D eigenvalue weighted by Crippen LogP contribution is -2.53. The molecule has 0 amide bonds.